The van der Waals surface area contributed by atoms with Gasteiger partial charge in [0.25, 0.3) is 0 Å². The second kappa shape index (κ2) is 63.8. The summed E-state index contributed by atoms with van der Waals surface area (Å²) in [6, 6.07) is 0. The maximum atomic E-state index is 13.1. The van der Waals surface area contributed by atoms with Crippen molar-refractivity contribution in [2.24, 2.45) is 17.8 Å². The van der Waals surface area contributed by atoms with Crippen LogP contribution in [0.5, 0.6) is 0 Å². The van der Waals surface area contributed by atoms with Crippen LogP contribution in [0.1, 0.15) is 370 Å². The Morgan fingerprint density at radius 2 is 0.500 bits per heavy atom. The van der Waals surface area contributed by atoms with Crippen molar-refractivity contribution in [1.82, 2.24) is 0 Å². The number of carbonyl (C=O) groups excluding carboxylic acids is 4. The lowest BCUT2D eigenvalue weighted by molar-refractivity contribution is -0.161. The summed E-state index contributed by atoms with van der Waals surface area (Å²) in [6.07, 6.45) is 48.4. The van der Waals surface area contributed by atoms with Gasteiger partial charge in [0.2, 0.25) is 0 Å². The molecule has 92 heavy (non-hydrogen) atoms. The molecule has 0 saturated carbocycles. The lowest BCUT2D eigenvalue weighted by Crippen LogP contribution is -2.30. The van der Waals surface area contributed by atoms with Gasteiger partial charge in [-0.3, -0.25) is 37.3 Å². The topological polar surface area (TPSA) is 237 Å². The van der Waals surface area contributed by atoms with Crippen molar-refractivity contribution in [3.8, 4) is 0 Å². The molecule has 17 nitrogen and oxygen atoms in total. The number of phosphoric acid groups is 2. The Bertz CT molecular complexity index is 1800. The fourth-order valence-corrected chi connectivity index (χ4v) is 12.7. The van der Waals surface area contributed by atoms with E-state index in [4.69, 9.17) is 37.0 Å². The normalized spacial score (nSPS) is 14.1. The minimum Gasteiger partial charge on any atom is -0.462 e. The van der Waals surface area contributed by atoms with Crippen LogP contribution in [-0.2, 0) is 65.4 Å². The molecule has 0 aromatic carbocycles. The molecule has 0 saturated heterocycles. The second-order valence-corrected chi connectivity index (χ2v) is 30.7. The third-order valence-corrected chi connectivity index (χ3v) is 18.8. The maximum absolute atomic E-state index is 13.1. The number of rotatable bonds is 71. The summed E-state index contributed by atoms with van der Waals surface area (Å²) in [5.74, 6) is 0.152. The second-order valence-electron chi connectivity index (χ2n) is 27.8. The van der Waals surface area contributed by atoms with Crippen LogP contribution < -0.4 is 0 Å². The first kappa shape index (κ1) is 90.1. The van der Waals surface area contributed by atoms with Crippen molar-refractivity contribution in [2.45, 2.75) is 388 Å². The van der Waals surface area contributed by atoms with Crippen LogP contribution >= 0.6 is 15.6 Å². The highest BCUT2D eigenvalue weighted by molar-refractivity contribution is 7.47. The third kappa shape index (κ3) is 66.7. The first-order chi connectivity index (χ1) is 44.2. The van der Waals surface area contributed by atoms with Crippen LogP contribution in [0.2, 0.25) is 0 Å². The van der Waals surface area contributed by atoms with E-state index in [9.17, 15) is 43.2 Å². The molecule has 0 fully saturated rings. The number of aliphatic hydroxyl groups is 1. The molecule has 0 radical (unpaired) electrons. The fourth-order valence-electron chi connectivity index (χ4n) is 11.1. The molecule has 2 unspecified atom stereocenters. The summed E-state index contributed by atoms with van der Waals surface area (Å²) in [5.41, 5.74) is 0. The molecule has 19 heteroatoms. The van der Waals surface area contributed by atoms with Crippen molar-refractivity contribution < 1.29 is 80.2 Å². The van der Waals surface area contributed by atoms with Crippen LogP contribution in [0.4, 0.5) is 0 Å². The molecule has 0 spiro atoms. The van der Waals surface area contributed by atoms with E-state index in [1.807, 2.05) is 0 Å². The molecule has 0 aliphatic heterocycles. The SMILES string of the molecule is CCCCCCCCCCCCCCC(=O)OC[C@H](COP(=O)(O)OC[C@H](O)COP(=O)(O)OC[C@@H](COC(=O)CCCCCCCCCCCCCC(C)C)OC(=O)CCCCCCCCCCCCCC(C)C)OC(=O)CCCCCCCCCCCC(C)C. The zero-order chi connectivity index (χ0) is 68.0. The largest absolute Gasteiger partial charge is 0.472 e. The standard InChI is InChI=1S/C73H142O17P2/c1-8-9-10-11-12-13-14-19-26-33-40-47-54-70(75)83-61-69(90-73(78)57-50-43-36-29-22-25-32-39-46-53-66(6)7)63-88-92(81,82)86-59-67(74)58-85-91(79,80)87-62-68(89-72(77)56-49-42-35-28-21-16-18-24-31-38-45-52-65(4)5)60-84-71(76)55-48-41-34-27-20-15-17-23-30-37-44-51-64(2)3/h64-69,74H,8-63H2,1-7H3,(H,79,80)(H,81,82)/t67-,68-,69-/m1/s1. The van der Waals surface area contributed by atoms with Crippen molar-refractivity contribution in [2.75, 3.05) is 39.6 Å². The predicted molar refractivity (Wildman–Crippen MR) is 372 cm³/mol. The summed E-state index contributed by atoms with van der Waals surface area (Å²) in [5, 5.41) is 10.6. The predicted octanol–water partition coefficient (Wildman–Crippen LogP) is 21.0. The molecule has 546 valence electrons. The Kier molecular flexibility index (Phi) is 62.4. The zero-order valence-electron chi connectivity index (χ0n) is 60.0. The monoisotopic (exact) mass is 1350 g/mol. The molecule has 0 aromatic heterocycles. The number of esters is 4. The van der Waals surface area contributed by atoms with E-state index in [2.05, 4.69) is 48.5 Å². The van der Waals surface area contributed by atoms with Gasteiger partial charge in [0.05, 0.1) is 26.4 Å². The first-order valence-electron chi connectivity index (χ1n) is 37.8. The zero-order valence-corrected chi connectivity index (χ0v) is 61.8. The Morgan fingerprint density at radius 3 is 0.739 bits per heavy atom. The molecule has 5 atom stereocenters. The Hall–Kier alpha value is -1.94. The molecule has 0 aliphatic rings. The van der Waals surface area contributed by atoms with Gasteiger partial charge >= 0.3 is 39.5 Å². The highest BCUT2D eigenvalue weighted by Gasteiger charge is 2.30. The highest BCUT2D eigenvalue weighted by atomic mass is 31.2. The third-order valence-electron chi connectivity index (χ3n) is 16.9. The van der Waals surface area contributed by atoms with E-state index in [1.54, 1.807) is 0 Å². The quantitative estimate of drug-likeness (QED) is 0.0222. The summed E-state index contributed by atoms with van der Waals surface area (Å²) in [4.78, 5) is 72.7. The van der Waals surface area contributed by atoms with E-state index in [0.717, 1.165) is 108 Å². The van der Waals surface area contributed by atoms with Crippen LogP contribution in [0.3, 0.4) is 0 Å². The van der Waals surface area contributed by atoms with Crippen molar-refractivity contribution >= 4 is 39.5 Å². The molecule has 0 amide bonds. The molecule has 0 aliphatic carbocycles. The summed E-state index contributed by atoms with van der Waals surface area (Å²) >= 11 is 0. The minimum atomic E-state index is -4.95. The number of carbonyl (C=O) groups is 4. The van der Waals surface area contributed by atoms with E-state index in [1.165, 1.54) is 180 Å². The van der Waals surface area contributed by atoms with Gasteiger partial charge in [-0.2, -0.15) is 0 Å². The Morgan fingerprint density at radius 1 is 0.293 bits per heavy atom. The lowest BCUT2D eigenvalue weighted by atomic mass is 10.0. The van der Waals surface area contributed by atoms with E-state index >= 15 is 0 Å². The van der Waals surface area contributed by atoms with Gasteiger partial charge in [-0.05, 0) is 43.4 Å². The first-order valence-corrected chi connectivity index (χ1v) is 40.8. The van der Waals surface area contributed by atoms with Crippen molar-refractivity contribution in [3.63, 3.8) is 0 Å². The van der Waals surface area contributed by atoms with E-state index in [-0.39, 0.29) is 25.7 Å². The molecule has 0 bridgehead atoms. The summed E-state index contributed by atoms with van der Waals surface area (Å²) in [7, 11) is -9.91. The molecular weight excluding hydrogens is 1210 g/mol. The van der Waals surface area contributed by atoms with Gasteiger partial charge in [-0.1, -0.05) is 318 Å². The van der Waals surface area contributed by atoms with Gasteiger partial charge in [-0.25, -0.2) is 9.13 Å². The molecular formula is C73H142O17P2. The van der Waals surface area contributed by atoms with Gasteiger partial charge in [0, 0.05) is 25.7 Å². The summed E-state index contributed by atoms with van der Waals surface area (Å²) < 4.78 is 68.4. The molecule has 0 rings (SSSR count). The number of phosphoric ester groups is 2. The average Bonchev–Trinajstić information content (AvgIpc) is 3.40. The minimum absolute atomic E-state index is 0.105. The van der Waals surface area contributed by atoms with Gasteiger partial charge in [-0.15, -0.1) is 0 Å². The lowest BCUT2D eigenvalue weighted by Gasteiger charge is -2.21. The van der Waals surface area contributed by atoms with E-state index < -0.39 is 97.5 Å². The smallest absolute Gasteiger partial charge is 0.462 e. The number of hydrogen-bond acceptors (Lipinski definition) is 15. The molecule has 3 N–H and O–H groups in total. The van der Waals surface area contributed by atoms with Gasteiger partial charge in [0.1, 0.15) is 19.3 Å². The van der Waals surface area contributed by atoms with Gasteiger partial charge < -0.3 is 33.8 Å². The number of hydrogen-bond donors (Lipinski definition) is 3. The van der Waals surface area contributed by atoms with Crippen LogP contribution in [0.15, 0.2) is 0 Å². The molecule has 0 aromatic rings. The molecule has 0 heterocycles. The number of ether oxygens (including phenoxy) is 4. The summed E-state index contributed by atoms with van der Waals surface area (Å²) in [6.45, 7) is 11.9. The van der Waals surface area contributed by atoms with Crippen LogP contribution in [0.25, 0.3) is 0 Å². The Balaban J connectivity index is 5.27. The van der Waals surface area contributed by atoms with Crippen LogP contribution in [0, 0.1) is 17.8 Å². The Labute approximate surface area is 562 Å². The number of aliphatic hydroxyl groups excluding tert-OH is 1. The maximum Gasteiger partial charge on any atom is 0.472 e. The number of unbranched alkanes of at least 4 members (excludes halogenated alkanes) is 39. The van der Waals surface area contributed by atoms with Crippen molar-refractivity contribution in [1.29, 1.82) is 0 Å². The van der Waals surface area contributed by atoms with Crippen LogP contribution in [-0.4, -0.2) is 96.7 Å². The van der Waals surface area contributed by atoms with Gasteiger partial charge in [0.15, 0.2) is 12.2 Å². The van der Waals surface area contributed by atoms with Crippen molar-refractivity contribution in [3.05, 3.63) is 0 Å². The highest BCUT2D eigenvalue weighted by Crippen LogP contribution is 2.45. The fraction of sp³-hybridized carbons (Fsp3) is 0.945. The van der Waals surface area contributed by atoms with E-state index in [0.29, 0.717) is 25.7 Å². The average molecular weight is 1350 g/mol.